The van der Waals surface area contributed by atoms with Crippen LogP contribution < -0.4 is 9.47 Å². The molecule has 0 amide bonds. The molecule has 0 spiro atoms. The number of ether oxygens (including phenoxy) is 2. The van der Waals surface area contributed by atoms with E-state index >= 15 is 0 Å². The average Bonchev–Trinajstić information content (AvgIpc) is 3.03. The number of benzene rings is 2. The highest BCUT2D eigenvalue weighted by molar-refractivity contribution is 9.11. The predicted molar refractivity (Wildman–Crippen MR) is 103 cm³/mol. The summed E-state index contributed by atoms with van der Waals surface area (Å²) < 4.78 is 16.0. The molecular formula is C16H10Br2O2S2. The van der Waals surface area contributed by atoms with Gasteiger partial charge in [-0.15, -0.1) is 22.7 Å². The molecule has 112 valence electrons. The summed E-state index contributed by atoms with van der Waals surface area (Å²) in [7, 11) is 3.45. The number of halogens is 2. The van der Waals surface area contributed by atoms with Gasteiger partial charge in [0.15, 0.2) is 0 Å². The summed E-state index contributed by atoms with van der Waals surface area (Å²) in [5.41, 5.74) is 0. The van der Waals surface area contributed by atoms with Gasteiger partial charge in [-0.25, -0.2) is 0 Å². The normalized spacial score (nSPS) is 11.6. The van der Waals surface area contributed by atoms with E-state index in [9.17, 15) is 0 Å². The minimum atomic E-state index is 0.908. The zero-order valence-corrected chi connectivity index (χ0v) is 16.5. The number of hydrogen-bond donors (Lipinski definition) is 0. The van der Waals surface area contributed by atoms with Gasteiger partial charge in [-0.05, 0) is 66.9 Å². The SMILES string of the molecule is COc1c2cc3cc(Br)sc3c(OC)c2cc2cc(Br)sc12. The first-order valence-electron chi connectivity index (χ1n) is 6.48. The van der Waals surface area contributed by atoms with Gasteiger partial charge >= 0.3 is 0 Å². The molecule has 0 saturated carbocycles. The number of rotatable bonds is 2. The van der Waals surface area contributed by atoms with Gasteiger partial charge in [0.1, 0.15) is 11.5 Å². The molecule has 2 nitrogen and oxygen atoms in total. The highest BCUT2D eigenvalue weighted by atomic mass is 79.9. The van der Waals surface area contributed by atoms with Crippen molar-refractivity contribution in [1.29, 1.82) is 0 Å². The highest BCUT2D eigenvalue weighted by Gasteiger charge is 2.18. The van der Waals surface area contributed by atoms with Crippen LogP contribution in [0.1, 0.15) is 0 Å². The van der Waals surface area contributed by atoms with Crippen LogP contribution in [0, 0.1) is 0 Å². The predicted octanol–water partition coefficient (Wildman–Crippen LogP) is 6.81. The molecule has 2 aromatic carbocycles. The quantitative estimate of drug-likeness (QED) is 0.329. The summed E-state index contributed by atoms with van der Waals surface area (Å²) in [4.78, 5) is 0. The van der Waals surface area contributed by atoms with Crippen LogP contribution >= 0.6 is 54.5 Å². The van der Waals surface area contributed by atoms with Gasteiger partial charge in [-0.2, -0.15) is 0 Å². The van der Waals surface area contributed by atoms with Crippen molar-refractivity contribution < 1.29 is 9.47 Å². The van der Waals surface area contributed by atoms with Crippen molar-refractivity contribution >= 4 is 85.5 Å². The van der Waals surface area contributed by atoms with Gasteiger partial charge in [0, 0.05) is 10.8 Å². The maximum absolute atomic E-state index is 5.74. The topological polar surface area (TPSA) is 18.5 Å². The average molecular weight is 458 g/mol. The second-order valence-electron chi connectivity index (χ2n) is 4.85. The zero-order chi connectivity index (χ0) is 15.4. The van der Waals surface area contributed by atoms with Crippen molar-refractivity contribution in [3.8, 4) is 11.5 Å². The van der Waals surface area contributed by atoms with Crippen LogP contribution in [0.4, 0.5) is 0 Å². The zero-order valence-electron chi connectivity index (χ0n) is 11.7. The van der Waals surface area contributed by atoms with E-state index < -0.39 is 0 Å². The second-order valence-corrected chi connectivity index (χ2v) is 9.72. The fourth-order valence-corrected chi connectivity index (χ4v) is 6.08. The molecule has 0 aliphatic rings. The Morgan fingerprint density at radius 2 is 1.14 bits per heavy atom. The van der Waals surface area contributed by atoms with Crippen LogP contribution in [0.5, 0.6) is 11.5 Å². The number of methoxy groups -OCH3 is 2. The molecule has 0 unspecified atom stereocenters. The molecule has 2 heterocycles. The molecule has 0 fully saturated rings. The molecule has 2 aromatic heterocycles. The fraction of sp³-hybridized carbons (Fsp3) is 0.125. The van der Waals surface area contributed by atoms with E-state index in [1.54, 1.807) is 36.9 Å². The van der Waals surface area contributed by atoms with E-state index in [4.69, 9.17) is 9.47 Å². The minimum absolute atomic E-state index is 0.908. The standard InChI is InChI=1S/C16H10Br2O2S2/c1-19-13-9-3-8-6-12(18)22-16(8)14(20-2)10(9)4-7-5-11(17)21-15(7)13/h3-6H,1-2H3. The number of hydrogen-bond acceptors (Lipinski definition) is 4. The van der Waals surface area contributed by atoms with Crippen molar-refractivity contribution in [2.45, 2.75) is 0 Å². The van der Waals surface area contributed by atoms with Gasteiger partial charge in [-0.1, -0.05) is 0 Å². The summed E-state index contributed by atoms with van der Waals surface area (Å²) in [5, 5.41) is 4.49. The largest absolute Gasteiger partial charge is 0.495 e. The van der Waals surface area contributed by atoms with Crippen LogP contribution in [0.2, 0.25) is 0 Å². The van der Waals surface area contributed by atoms with Gasteiger partial charge < -0.3 is 9.47 Å². The van der Waals surface area contributed by atoms with Crippen molar-refractivity contribution in [1.82, 2.24) is 0 Å². The molecular weight excluding hydrogens is 448 g/mol. The summed E-state index contributed by atoms with van der Waals surface area (Å²) >= 11 is 10.5. The monoisotopic (exact) mass is 456 g/mol. The molecule has 4 rings (SSSR count). The Morgan fingerprint density at radius 3 is 1.50 bits per heavy atom. The van der Waals surface area contributed by atoms with Crippen LogP contribution in [-0.2, 0) is 0 Å². The van der Waals surface area contributed by atoms with E-state index in [1.165, 1.54) is 0 Å². The minimum Gasteiger partial charge on any atom is -0.495 e. The molecule has 0 saturated heterocycles. The third-order valence-corrected chi connectivity index (χ3v) is 6.97. The molecule has 0 radical (unpaired) electrons. The maximum atomic E-state index is 5.74. The Kier molecular flexibility index (Phi) is 3.60. The molecule has 0 N–H and O–H groups in total. The fourth-order valence-electron chi connectivity index (χ4n) is 2.81. The Balaban J connectivity index is 2.28. The third kappa shape index (κ3) is 2.08. The first-order valence-corrected chi connectivity index (χ1v) is 9.70. The van der Waals surface area contributed by atoms with Gasteiger partial charge in [0.25, 0.3) is 0 Å². The van der Waals surface area contributed by atoms with Crippen LogP contribution in [0.3, 0.4) is 0 Å². The summed E-state index contributed by atoms with van der Waals surface area (Å²) in [6.07, 6.45) is 0. The molecule has 0 atom stereocenters. The van der Waals surface area contributed by atoms with E-state index in [1.807, 2.05) is 0 Å². The van der Waals surface area contributed by atoms with E-state index in [0.717, 1.165) is 50.0 Å². The van der Waals surface area contributed by atoms with E-state index in [0.29, 0.717) is 0 Å². The van der Waals surface area contributed by atoms with Crippen LogP contribution in [0.25, 0.3) is 30.9 Å². The van der Waals surface area contributed by atoms with E-state index in [2.05, 4.69) is 56.1 Å². The van der Waals surface area contributed by atoms with Crippen molar-refractivity contribution in [3.63, 3.8) is 0 Å². The Labute approximate surface area is 151 Å². The van der Waals surface area contributed by atoms with Crippen molar-refractivity contribution in [2.24, 2.45) is 0 Å². The lowest BCUT2D eigenvalue weighted by atomic mass is 10.0. The molecule has 4 aromatic rings. The molecule has 0 aliphatic carbocycles. The van der Waals surface area contributed by atoms with Gasteiger partial charge in [0.2, 0.25) is 0 Å². The summed E-state index contributed by atoms with van der Waals surface area (Å²) in [5.74, 6) is 1.82. The van der Waals surface area contributed by atoms with Gasteiger partial charge in [0.05, 0.1) is 31.2 Å². The van der Waals surface area contributed by atoms with Crippen molar-refractivity contribution in [2.75, 3.05) is 14.2 Å². The van der Waals surface area contributed by atoms with E-state index in [-0.39, 0.29) is 0 Å². The maximum Gasteiger partial charge on any atom is 0.144 e. The van der Waals surface area contributed by atoms with Crippen LogP contribution in [-0.4, -0.2) is 14.2 Å². The lowest BCUT2D eigenvalue weighted by Gasteiger charge is -2.11. The Hall–Kier alpha value is -0.820. The molecule has 22 heavy (non-hydrogen) atoms. The highest BCUT2D eigenvalue weighted by Crippen LogP contribution is 2.48. The number of fused-ring (bicyclic) bond motifs is 3. The lowest BCUT2D eigenvalue weighted by Crippen LogP contribution is -1.89. The van der Waals surface area contributed by atoms with Crippen molar-refractivity contribution in [3.05, 3.63) is 31.8 Å². The molecule has 6 heteroatoms. The number of thiophene rings is 2. The lowest BCUT2D eigenvalue weighted by molar-refractivity contribution is 0.421. The first-order chi connectivity index (χ1) is 10.6. The first kappa shape index (κ1) is 14.8. The molecule has 0 aliphatic heterocycles. The Morgan fingerprint density at radius 1 is 0.727 bits per heavy atom. The summed E-state index contributed by atoms with van der Waals surface area (Å²) in [6, 6.07) is 8.60. The smallest absolute Gasteiger partial charge is 0.144 e. The van der Waals surface area contributed by atoms with Gasteiger partial charge in [-0.3, -0.25) is 0 Å². The summed E-state index contributed by atoms with van der Waals surface area (Å²) in [6.45, 7) is 0. The Bertz CT molecular complexity index is 950. The molecule has 0 bridgehead atoms. The third-order valence-electron chi connectivity index (χ3n) is 3.66. The van der Waals surface area contributed by atoms with Crippen LogP contribution in [0.15, 0.2) is 31.8 Å². The second kappa shape index (κ2) is 5.37.